The number of fused-ring (bicyclic) bond motifs is 1. The molecule has 0 fully saturated rings. The van der Waals surface area contributed by atoms with Gasteiger partial charge in [0.15, 0.2) is 11.6 Å². The van der Waals surface area contributed by atoms with E-state index in [4.69, 9.17) is 0 Å². The molecule has 110 valence electrons. The van der Waals surface area contributed by atoms with Crippen molar-refractivity contribution in [1.82, 2.24) is 9.66 Å². The van der Waals surface area contributed by atoms with E-state index in [1.165, 1.54) is 6.07 Å². The van der Waals surface area contributed by atoms with Crippen LogP contribution in [0, 0.1) is 5.82 Å². The normalized spacial score (nSPS) is 10.4. The van der Waals surface area contributed by atoms with Crippen molar-refractivity contribution >= 4 is 29.1 Å². The van der Waals surface area contributed by atoms with Crippen LogP contribution in [0.3, 0.4) is 0 Å². The number of halogens is 2. The van der Waals surface area contributed by atoms with Crippen molar-refractivity contribution in [3.8, 4) is 0 Å². The van der Waals surface area contributed by atoms with Gasteiger partial charge in [0.25, 0.3) is 0 Å². The van der Waals surface area contributed by atoms with Gasteiger partial charge in [-0.3, -0.25) is 9.69 Å². The number of benzene rings is 1. The lowest BCUT2D eigenvalue weighted by molar-refractivity contribution is 0.591. The Morgan fingerprint density at radius 2 is 1.95 bits per heavy atom. The van der Waals surface area contributed by atoms with E-state index in [9.17, 15) is 4.39 Å². The van der Waals surface area contributed by atoms with Crippen LogP contribution < -0.4 is 5.01 Å². The summed E-state index contributed by atoms with van der Waals surface area (Å²) in [4.78, 5) is 4.19. The smallest absolute Gasteiger partial charge is 0.184 e. The molecular weight excluding hydrogens is 289 g/mol. The maximum Gasteiger partial charge on any atom is 0.184 e. The lowest BCUT2D eigenvalue weighted by Gasteiger charge is -2.25. The number of nitrogens with zero attached hydrogens (tertiary/aromatic N) is 3. The van der Waals surface area contributed by atoms with Crippen molar-refractivity contribution in [3.63, 3.8) is 0 Å². The van der Waals surface area contributed by atoms with Crippen molar-refractivity contribution in [3.05, 3.63) is 60.7 Å². The van der Waals surface area contributed by atoms with Crippen molar-refractivity contribution in [2.45, 2.75) is 13.3 Å². The number of hydrogen-bond acceptors (Lipinski definition) is 2. The highest BCUT2D eigenvalue weighted by molar-refractivity contribution is 5.85. The molecule has 0 atom stereocenters. The molecule has 21 heavy (non-hydrogen) atoms. The molecule has 0 saturated carbocycles. The van der Waals surface area contributed by atoms with Crippen LogP contribution in [0.1, 0.15) is 13.3 Å². The van der Waals surface area contributed by atoms with Crippen LogP contribution in [-0.2, 0) is 0 Å². The number of rotatable bonds is 4. The second kappa shape index (κ2) is 6.59. The molecule has 5 heteroatoms. The van der Waals surface area contributed by atoms with Gasteiger partial charge in [-0.05, 0) is 30.7 Å². The number of hydrogen-bond donors (Lipinski definition) is 0. The van der Waals surface area contributed by atoms with Crippen LogP contribution in [-0.4, -0.2) is 16.2 Å². The highest BCUT2D eigenvalue weighted by atomic mass is 35.5. The molecule has 3 nitrogen and oxygen atoms in total. The highest BCUT2D eigenvalue weighted by Gasteiger charge is 2.15. The number of anilines is 1. The average molecular weight is 306 g/mol. The zero-order chi connectivity index (χ0) is 13.9. The SMILES string of the molecule is CCCN(c1ncccc1F)n1ccc2ccccc21.Cl. The van der Waals surface area contributed by atoms with Crippen molar-refractivity contribution < 1.29 is 4.39 Å². The third-order valence-electron chi connectivity index (χ3n) is 3.26. The molecule has 0 aliphatic heterocycles. The first-order chi connectivity index (χ1) is 9.81. The molecule has 3 rings (SSSR count). The van der Waals surface area contributed by atoms with Gasteiger partial charge < -0.3 is 0 Å². The van der Waals surface area contributed by atoms with Gasteiger partial charge >= 0.3 is 0 Å². The summed E-state index contributed by atoms with van der Waals surface area (Å²) >= 11 is 0. The standard InChI is InChI=1S/C16H16FN3.ClH/c1-2-11-20(16-14(17)7-5-10-18-16)19-12-9-13-6-3-4-8-15(13)19;/h3-10,12H,2,11H2,1H3;1H. The molecule has 0 unspecified atom stereocenters. The molecule has 0 aliphatic rings. The lowest BCUT2D eigenvalue weighted by Crippen LogP contribution is -2.31. The van der Waals surface area contributed by atoms with E-state index in [-0.39, 0.29) is 18.2 Å². The number of pyridine rings is 1. The largest absolute Gasteiger partial charge is 0.262 e. The van der Waals surface area contributed by atoms with Gasteiger partial charge in [-0.15, -0.1) is 12.4 Å². The summed E-state index contributed by atoms with van der Waals surface area (Å²) in [5.41, 5.74) is 1.05. The van der Waals surface area contributed by atoms with Crippen LogP contribution in [0.2, 0.25) is 0 Å². The van der Waals surface area contributed by atoms with E-state index >= 15 is 0 Å². The summed E-state index contributed by atoms with van der Waals surface area (Å²) in [6.45, 7) is 2.77. The first-order valence-corrected chi connectivity index (χ1v) is 6.75. The zero-order valence-electron chi connectivity index (χ0n) is 11.7. The molecule has 0 bridgehead atoms. The minimum Gasteiger partial charge on any atom is -0.262 e. The van der Waals surface area contributed by atoms with Crippen LogP contribution in [0.4, 0.5) is 10.2 Å². The third kappa shape index (κ3) is 2.85. The molecule has 0 N–H and O–H groups in total. The molecular formula is C16H17ClFN3. The second-order valence-corrected chi connectivity index (χ2v) is 4.65. The van der Waals surface area contributed by atoms with Crippen LogP contribution in [0.25, 0.3) is 10.9 Å². The fraction of sp³-hybridized carbons (Fsp3) is 0.188. The molecule has 2 aromatic heterocycles. The van der Waals surface area contributed by atoms with E-state index < -0.39 is 0 Å². The monoisotopic (exact) mass is 305 g/mol. The highest BCUT2D eigenvalue weighted by Crippen LogP contribution is 2.22. The Hall–Kier alpha value is -2.07. The molecule has 0 radical (unpaired) electrons. The maximum absolute atomic E-state index is 14.0. The molecule has 0 saturated heterocycles. The van der Waals surface area contributed by atoms with Crippen molar-refractivity contribution in [2.24, 2.45) is 0 Å². The van der Waals surface area contributed by atoms with Crippen LogP contribution >= 0.6 is 12.4 Å². The first kappa shape index (κ1) is 15.3. The Labute approximate surface area is 129 Å². The maximum atomic E-state index is 14.0. The predicted octanol–water partition coefficient (Wildman–Crippen LogP) is 4.28. The van der Waals surface area contributed by atoms with E-state index in [1.54, 1.807) is 12.3 Å². The molecule has 2 heterocycles. The molecule has 1 aromatic carbocycles. The molecule has 0 spiro atoms. The second-order valence-electron chi connectivity index (χ2n) is 4.65. The Morgan fingerprint density at radius 1 is 1.14 bits per heavy atom. The predicted molar refractivity (Wildman–Crippen MR) is 86.4 cm³/mol. The third-order valence-corrected chi connectivity index (χ3v) is 3.26. The van der Waals surface area contributed by atoms with Gasteiger partial charge in [-0.2, -0.15) is 0 Å². The van der Waals surface area contributed by atoms with Gasteiger partial charge in [-0.1, -0.05) is 25.1 Å². The van der Waals surface area contributed by atoms with Gasteiger partial charge in [0.1, 0.15) is 0 Å². The minimum atomic E-state index is -0.307. The Morgan fingerprint density at radius 3 is 2.71 bits per heavy atom. The van der Waals surface area contributed by atoms with Gasteiger partial charge in [-0.25, -0.2) is 9.37 Å². The Bertz CT molecular complexity index is 726. The minimum absolute atomic E-state index is 0. The summed E-state index contributed by atoms with van der Waals surface area (Å²) in [6, 6.07) is 13.1. The summed E-state index contributed by atoms with van der Waals surface area (Å²) < 4.78 is 16.0. The molecule has 3 aromatic rings. The van der Waals surface area contributed by atoms with E-state index in [0.29, 0.717) is 12.4 Å². The Kier molecular flexibility index (Phi) is 4.81. The molecule has 0 aliphatic carbocycles. The summed E-state index contributed by atoms with van der Waals surface area (Å²) in [5, 5.41) is 3.00. The Balaban J connectivity index is 0.00000161. The van der Waals surface area contributed by atoms with Crippen LogP contribution in [0.5, 0.6) is 0 Å². The summed E-state index contributed by atoms with van der Waals surface area (Å²) in [7, 11) is 0. The van der Waals surface area contributed by atoms with E-state index in [2.05, 4.69) is 11.9 Å². The summed E-state index contributed by atoms with van der Waals surface area (Å²) in [5.74, 6) is 0.0504. The fourth-order valence-electron chi connectivity index (χ4n) is 2.37. The average Bonchev–Trinajstić information content (AvgIpc) is 2.90. The van der Waals surface area contributed by atoms with E-state index in [0.717, 1.165) is 17.3 Å². The lowest BCUT2D eigenvalue weighted by atomic mass is 10.2. The van der Waals surface area contributed by atoms with Gasteiger partial charge in [0, 0.05) is 24.3 Å². The van der Waals surface area contributed by atoms with Crippen molar-refractivity contribution in [2.75, 3.05) is 11.6 Å². The van der Waals surface area contributed by atoms with Gasteiger partial charge in [0.2, 0.25) is 0 Å². The van der Waals surface area contributed by atoms with Gasteiger partial charge in [0.05, 0.1) is 5.52 Å². The molecule has 0 amide bonds. The quantitative estimate of drug-likeness (QED) is 0.717. The summed E-state index contributed by atoms with van der Waals surface area (Å²) in [6.07, 6.45) is 4.48. The van der Waals surface area contributed by atoms with Crippen LogP contribution in [0.15, 0.2) is 54.9 Å². The van der Waals surface area contributed by atoms with E-state index in [1.807, 2.05) is 46.2 Å². The first-order valence-electron chi connectivity index (χ1n) is 6.75. The number of para-hydroxylation sites is 1. The van der Waals surface area contributed by atoms with Crippen molar-refractivity contribution in [1.29, 1.82) is 0 Å². The topological polar surface area (TPSA) is 21.1 Å². The number of aromatic nitrogens is 2. The zero-order valence-corrected chi connectivity index (χ0v) is 12.6. The fourth-order valence-corrected chi connectivity index (χ4v) is 2.37.